The summed E-state index contributed by atoms with van der Waals surface area (Å²) in [5.41, 5.74) is 9.88. The van der Waals surface area contributed by atoms with Crippen LogP contribution in [0.5, 0.6) is 0 Å². The van der Waals surface area contributed by atoms with Crippen molar-refractivity contribution in [3.63, 3.8) is 0 Å². The SMILES string of the molecule is Cc1cc(N2CCOCC2)c(C)c(Cl)c1N. The minimum absolute atomic E-state index is 0.682. The predicted octanol–water partition coefficient (Wildman–Crippen LogP) is 2.38. The third-order valence-corrected chi connectivity index (χ3v) is 3.57. The number of nitrogen functional groups attached to an aromatic ring is 1. The fourth-order valence-electron chi connectivity index (χ4n) is 2.01. The predicted molar refractivity (Wildman–Crippen MR) is 68.4 cm³/mol. The molecule has 88 valence electrons. The van der Waals surface area contributed by atoms with Gasteiger partial charge in [0, 0.05) is 18.8 Å². The lowest BCUT2D eigenvalue weighted by Gasteiger charge is -2.31. The minimum atomic E-state index is 0.682. The number of rotatable bonds is 1. The Hall–Kier alpha value is -0.930. The highest BCUT2D eigenvalue weighted by atomic mass is 35.5. The first-order valence-corrected chi connectivity index (χ1v) is 5.87. The maximum absolute atomic E-state index is 6.22. The molecule has 1 aliphatic rings. The van der Waals surface area contributed by atoms with Gasteiger partial charge in [0.1, 0.15) is 0 Å². The number of benzene rings is 1. The van der Waals surface area contributed by atoms with Gasteiger partial charge in [-0.1, -0.05) is 11.6 Å². The Labute approximate surface area is 101 Å². The first kappa shape index (κ1) is 11.6. The molecule has 1 saturated heterocycles. The fourth-order valence-corrected chi connectivity index (χ4v) is 2.26. The topological polar surface area (TPSA) is 38.5 Å². The molecular formula is C12H17ClN2O. The van der Waals surface area contributed by atoms with Crippen LogP contribution in [0.15, 0.2) is 6.07 Å². The summed E-state index contributed by atoms with van der Waals surface area (Å²) >= 11 is 6.22. The largest absolute Gasteiger partial charge is 0.397 e. The van der Waals surface area contributed by atoms with Gasteiger partial charge in [0.25, 0.3) is 0 Å². The summed E-state index contributed by atoms with van der Waals surface area (Å²) in [5.74, 6) is 0. The van der Waals surface area contributed by atoms with Crippen LogP contribution in [0.4, 0.5) is 11.4 Å². The number of morpholine rings is 1. The van der Waals surface area contributed by atoms with Crippen LogP contribution in [0.2, 0.25) is 5.02 Å². The number of hydrogen-bond acceptors (Lipinski definition) is 3. The molecule has 16 heavy (non-hydrogen) atoms. The van der Waals surface area contributed by atoms with Crippen molar-refractivity contribution < 1.29 is 4.74 Å². The first-order chi connectivity index (χ1) is 7.61. The molecule has 0 unspecified atom stereocenters. The number of aryl methyl sites for hydroxylation is 1. The van der Waals surface area contributed by atoms with Gasteiger partial charge >= 0.3 is 0 Å². The van der Waals surface area contributed by atoms with Crippen molar-refractivity contribution in [2.45, 2.75) is 13.8 Å². The molecule has 4 heteroatoms. The van der Waals surface area contributed by atoms with Crippen molar-refractivity contribution in [3.05, 3.63) is 22.2 Å². The summed E-state index contributed by atoms with van der Waals surface area (Å²) in [4.78, 5) is 2.30. The quantitative estimate of drug-likeness (QED) is 0.766. The molecule has 3 nitrogen and oxygen atoms in total. The van der Waals surface area contributed by atoms with Crippen molar-refractivity contribution >= 4 is 23.0 Å². The molecule has 1 heterocycles. The van der Waals surface area contributed by atoms with Gasteiger partial charge in [-0.2, -0.15) is 0 Å². The summed E-state index contributed by atoms with van der Waals surface area (Å²) in [5, 5.41) is 0.682. The molecule has 2 N–H and O–H groups in total. The van der Waals surface area contributed by atoms with Crippen molar-refractivity contribution in [2.75, 3.05) is 36.9 Å². The second-order valence-corrected chi connectivity index (χ2v) is 4.54. The molecule has 1 aliphatic heterocycles. The van der Waals surface area contributed by atoms with E-state index in [0.29, 0.717) is 10.7 Å². The summed E-state index contributed by atoms with van der Waals surface area (Å²) in [7, 11) is 0. The van der Waals surface area contributed by atoms with Crippen LogP contribution in [-0.2, 0) is 4.74 Å². The Balaban J connectivity index is 2.40. The first-order valence-electron chi connectivity index (χ1n) is 5.49. The van der Waals surface area contributed by atoms with Crippen molar-refractivity contribution in [2.24, 2.45) is 0 Å². The molecule has 0 amide bonds. The standard InChI is InChI=1S/C12H17ClN2O/c1-8-7-10(9(2)11(13)12(8)14)15-3-5-16-6-4-15/h7H,3-6,14H2,1-2H3. The molecule has 0 atom stereocenters. The lowest BCUT2D eigenvalue weighted by molar-refractivity contribution is 0.122. The third-order valence-electron chi connectivity index (χ3n) is 3.08. The highest BCUT2D eigenvalue weighted by Crippen LogP contribution is 2.34. The highest BCUT2D eigenvalue weighted by Gasteiger charge is 2.17. The maximum atomic E-state index is 6.22. The Kier molecular flexibility index (Phi) is 3.26. The number of hydrogen-bond donors (Lipinski definition) is 1. The average molecular weight is 241 g/mol. The number of ether oxygens (including phenoxy) is 1. The van der Waals surface area contributed by atoms with Gasteiger partial charge in [0.05, 0.1) is 23.9 Å². The Morgan fingerprint density at radius 3 is 2.56 bits per heavy atom. The second kappa shape index (κ2) is 4.52. The fraction of sp³-hybridized carbons (Fsp3) is 0.500. The van der Waals surface area contributed by atoms with E-state index >= 15 is 0 Å². The van der Waals surface area contributed by atoms with Crippen molar-refractivity contribution in [1.29, 1.82) is 0 Å². The highest BCUT2D eigenvalue weighted by molar-refractivity contribution is 6.34. The molecule has 1 fully saturated rings. The number of nitrogens with zero attached hydrogens (tertiary/aromatic N) is 1. The van der Waals surface area contributed by atoms with E-state index in [1.54, 1.807) is 0 Å². The molecule has 0 spiro atoms. The molecule has 1 aromatic carbocycles. The normalized spacial score (nSPS) is 16.6. The van der Waals surface area contributed by atoms with Crippen LogP contribution < -0.4 is 10.6 Å². The summed E-state index contributed by atoms with van der Waals surface area (Å²) < 4.78 is 5.35. The van der Waals surface area contributed by atoms with Crippen LogP contribution in [0, 0.1) is 13.8 Å². The van der Waals surface area contributed by atoms with Gasteiger partial charge in [0.15, 0.2) is 0 Å². The van der Waals surface area contributed by atoms with Gasteiger partial charge in [-0.15, -0.1) is 0 Å². The zero-order valence-electron chi connectivity index (χ0n) is 9.72. The summed E-state index contributed by atoms with van der Waals surface area (Å²) in [6.45, 7) is 7.40. The number of nitrogens with two attached hydrogens (primary N) is 1. The van der Waals surface area contributed by atoms with Crippen LogP contribution in [-0.4, -0.2) is 26.3 Å². The molecular weight excluding hydrogens is 224 g/mol. The smallest absolute Gasteiger partial charge is 0.0687 e. The van der Waals surface area contributed by atoms with E-state index in [-0.39, 0.29) is 0 Å². The summed E-state index contributed by atoms with van der Waals surface area (Å²) in [6.07, 6.45) is 0. The lowest BCUT2D eigenvalue weighted by atomic mass is 10.1. The number of halogens is 1. The Bertz CT molecular complexity index is 400. The van der Waals surface area contributed by atoms with Crippen LogP contribution in [0.25, 0.3) is 0 Å². The van der Waals surface area contributed by atoms with Gasteiger partial charge in [-0.3, -0.25) is 0 Å². The van der Waals surface area contributed by atoms with E-state index in [9.17, 15) is 0 Å². The monoisotopic (exact) mass is 240 g/mol. The van der Waals surface area contributed by atoms with Crippen LogP contribution in [0.3, 0.4) is 0 Å². The molecule has 0 aliphatic carbocycles. The average Bonchev–Trinajstić information content (AvgIpc) is 2.32. The Morgan fingerprint density at radius 2 is 1.94 bits per heavy atom. The van der Waals surface area contributed by atoms with E-state index < -0.39 is 0 Å². The molecule has 1 aromatic rings. The lowest BCUT2D eigenvalue weighted by Crippen LogP contribution is -2.36. The van der Waals surface area contributed by atoms with Gasteiger partial charge < -0.3 is 15.4 Å². The summed E-state index contributed by atoms with van der Waals surface area (Å²) in [6, 6.07) is 2.11. The zero-order chi connectivity index (χ0) is 11.7. The van der Waals surface area contributed by atoms with Crippen LogP contribution >= 0.6 is 11.6 Å². The molecule has 0 saturated carbocycles. The van der Waals surface area contributed by atoms with Crippen LogP contribution in [0.1, 0.15) is 11.1 Å². The maximum Gasteiger partial charge on any atom is 0.0687 e. The zero-order valence-corrected chi connectivity index (χ0v) is 10.5. The number of anilines is 2. The van der Waals surface area contributed by atoms with E-state index in [2.05, 4.69) is 11.0 Å². The third kappa shape index (κ3) is 1.97. The van der Waals surface area contributed by atoms with Gasteiger partial charge in [0.2, 0.25) is 0 Å². The van der Waals surface area contributed by atoms with E-state index in [1.165, 1.54) is 5.69 Å². The molecule has 0 radical (unpaired) electrons. The van der Waals surface area contributed by atoms with Crippen molar-refractivity contribution in [1.82, 2.24) is 0 Å². The van der Waals surface area contributed by atoms with Crippen molar-refractivity contribution in [3.8, 4) is 0 Å². The Morgan fingerprint density at radius 1 is 1.31 bits per heavy atom. The van der Waals surface area contributed by atoms with E-state index in [0.717, 1.165) is 37.4 Å². The van der Waals surface area contributed by atoms with E-state index in [1.807, 2.05) is 13.8 Å². The second-order valence-electron chi connectivity index (χ2n) is 4.16. The minimum Gasteiger partial charge on any atom is -0.397 e. The molecule has 0 aromatic heterocycles. The molecule has 2 rings (SSSR count). The molecule has 0 bridgehead atoms. The van der Waals surface area contributed by atoms with Gasteiger partial charge in [-0.25, -0.2) is 0 Å². The van der Waals surface area contributed by atoms with E-state index in [4.69, 9.17) is 22.1 Å². The van der Waals surface area contributed by atoms with Gasteiger partial charge in [-0.05, 0) is 31.0 Å².